The van der Waals surface area contributed by atoms with Gasteiger partial charge in [0, 0.05) is 52.2 Å². The first kappa shape index (κ1) is 19.2. The van der Waals surface area contributed by atoms with Crippen molar-refractivity contribution in [1.29, 1.82) is 0 Å². The SMILES string of the molecule is CN1C(C)(C)C=C(c2c(CC(C)(C)N)n(C)c3ccccc23)CC1(C)C. The normalized spacial score (nSPS) is 20.4. The third-order valence-electron chi connectivity index (χ3n) is 6.10. The number of fused-ring (bicyclic) bond motifs is 1. The van der Waals surface area contributed by atoms with Gasteiger partial charge in [0.15, 0.2) is 0 Å². The molecular weight excluding hydrogens is 318 g/mol. The predicted octanol–water partition coefficient (Wildman–Crippen LogP) is 4.73. The molecule has 0 saturated carbocycles. The molecule has 2 aromatic rings. The van der Waals surface area contributed by atoms with E-state index in [2.05, 4.69) is 95.4 Å². The lowest BCUT2D eigenvalue weighted by Gasteiger charge is -2.49. The fourth-order valence-corrected chi connectivity index (χ4v) is 4.54. The molecule has 1 aromatic heterocycles. The van der Waals surface area contributed by atoms with E-state index in [1.165, 1.54) is 27.7 Å². The summed E-state index contributed by atoms with van der Waals surface area (Å²) >= 11 is 0. The van der Waals surface area contributed by atoms with Gasteiger partial charge in [0.1, 0.15) is 0 Å². The first-order valence-electron chi connectivity index (χ1n) is 9.65. The molecule has 142 valence electrons. The highest BCUT2D eigenvalue weighted by atomic mass is 15.2. The third-order valence-corrected chi connectivity index (χ3v) is 6.10. The Morgan fingerprint density at radius 3 is 2.27 bits per heavy atom. The lowest BCUT2D eigenvalue weighted by Crippen LogP contribution is -2.54. The fraction of sp³-hybridized carbons (Fsp3) is 0.565. The van der Waals surface area contributed by atoms with Crippen LogP contribution < -0.4 is 5.73 Å². The quantitative estimate of drug-likeness (QED) is 0.865. The van der Waals surface area contributed by atoms with Crippen LogP contribution >= 0.6 is 0 Å². The lowest BCUT2D eigenvalue weighted by atomic mass is 9.78. The number of hydrogen-bond donors (Lipinski definition) is 1. The van der Waals surface area contributed by atoms with Gasteiger partial charge in [-0.3, -0.25) is 4.90 Å². The van der Waals surface area contributed by atoms with Crippen molar-refractivity contribution >= 4 is 16.5 Å². The minimum absolute atomic E-state index is 0.0174. The van der Waals surface area contributed by atoms with Gasteiger partial charge in [0.25, 0.3) is 0 Å². The topological polar surface area (TPSA) is 34.2 Å². The number of benzene rings is 1. The Balaban J connectivity index is 2.29. The zero-order valence-electron chi connectivity index (χ0n) is 17.8. The van der Waals surface area contributed by atoms with Gasteiger partial charge < -0.3 is 10.3 Å². The first-order valence-corrected chi connectivity index (χ1v) is 9.65. The summed E-state index contributed by atoms with van der Waals surface area (Å²) in [7, 11) is 4.42. The minimum atomic E-state index is -0.242. The summed E-state index contributed by atoms with van der Waals surface area (Å²) in [5.41, 5.74) is 11.8. The van der Waals surface area contributed by atoms with Crippen LogP contribution in [0.25, 0.3) is 16.5 Å². The smallest absolute Gasteiger partial charge is 0.0486 e. The van der Waals surface area contributed by atoms with Crippen LogP contribution in [0.4, 0.5) is 0 Å². The third kappa shape index (κ3) is 3.23. The van der Waals surface area contributed by atoms with Crippen molar-refractivity contribution in [2.75, 3.05) is 7.05 Å². The summed E-state index contributed by atoms with van der Waals surface area (Å²) in [6.45, 7) is 13.5. The Hall–Kier alpha value is -1.58. The first-order chi connectivity index (χ1) is 11.8. The van der Waals surface area contributed by atoms with E-state index in [-0.39, 0.29) is 16.6 Å². The van der Waals surface area contributed by atoms with Crippen LogP contribution in [0.2, 0.25) is 0 Å². The summed E-state index contributed by atoms with van der Waals surface area (Å²) in [6.07, 6.45) is 4.37. The molecule has 0 spiro atoms. The number of rotatable bonds is 3. The molecule has 3 nitrogen and oxygen atoms in total. The van der Waals surface area contributed by atoms with Crippen molar-refractivity contribution in [1.82, 2.24) is 9.47 Å². The van der Waals surface area contributed by atoms with E-state index in [0.717, 1.165) is 12.8 Å². The van der Waals surface area contributed by atoms with Gasteiger partial charge in [-0.15, -0.1) is 0 Å². The zero-order valence-corrected chi connectivity index (χ0v) is 17.8. The Labute approximate surface area is 158 Å². The van der Waals surface area contributed by atoms with Crippen LogP contribution in [0.3, 0.4) is 0 Å². The number of nitrogens with zero attached hydrogens (tertiary/aromatic N) is 2. The van der Waals surface area contributed by atoms with Crippen molar-refractivity contribution in [3.05, 3.63) is 41.6 Å². The van der Waals surface area contributed by atoms with Gasteiger partial charge in [0.2, 0.25) is 0 Å². The van der Waals surface area contributed by atoms with Gasteiger partial charge in [-0.1, -0.05) is 24.3 Å². The Kier molecular flexibility index (Phi) is 4.40. The van der Waals surface area contributed by atoms with Gasteiger partial charge >= 0.3 is 0 Å². The Bertz CT molecular complexity index is 859. The van der Waals surface area contributed by atoms with Crippen molar-refractivity contribution in [3.63, 3.8) is 0 Å². The molecule has 1 aliphatic heterocycles. The number of nitrogens with two attached hydrogens (primary N) is 1. The largest absolute Gasteiger partial charge is 0.347 e. The molecule has 0 amide bonds. The zero-order chi connectivity index (χ0) is 19.5. The lowest BCUT2D eigenvalue weighted by molar-refractivity contribution is 0.0697. The molecule has 0 unspecified atom stereocenters. The molecule has 1 aromatic carbocycles. The average molecular weight is 354 g/mol. The molecule has 2 heterocycles. The van der Waals surface area contributed by atoms with E-state index < -0.39 is 0 Å². The monoisotopic (exact) mass is 353 g/mol. The standard InChI is InChI=1S/C23H35N3/c1-21(2,24)15-19-20(17-11-9-10-12-18(17)25(19)7)16-13-22(3,4)26(8)23(5,6)14-16/h9-13H,14-15,24H2,1-8H3. The summed E-state index contributed by atoms with van der Waals surface area (Å²) in [5.74, 6) is 0. The predicted molar refractivity (Wildman–Crippen MR) is 113 cm³/mol. The molecule has 0 atom stereocenters. The van der Waals surface area contributed by atoms with E-state index in [4.69, 9.17) is 5.73 Å². The number of likely N-dealkylation sites (N-methyl/N-ethyl adjacent to an activating group) is 1. The molecular formula is C23H35N3. The van der Waals surface area contributed by atoms with Gasteiger partial charge in [-0.2, -0.15) is 0 Å². The van der Waals surface area contributed by atoms with Gasteiger partial charge in [0.05, 0.1) is 0 Å². The van der Waals surface area contributed by atoms with E-state index in [1.807, 2.05) is 0 Å². The van der Waals surface area contributed by atoms with Crippen molar-refractivity contribution in [2.24, 2.45) is 12.8 Å². The van der Waals surface area contributed by atoms with Gasteiger partial charge in [-0.05, 0) is 66.7 Å². The van der Waals surface area contributed by atoms with Crippen molar-refractivity contribution in [3.8, 4) is 0 Å². The average Bonchev–Trinajstić information content (AvgIpc) is 2.76. The molecule has 2 N–H and O–H groups in total. The van der Waals surface area contributed by atoms with Gasteiger partial charge in [-0.25, -0.2) is 0 Å². The van der Waals surface area contributed by atoms with E-state index in [9.17, 15) is 0 Å². The Morgan fingerprint density at radius 2 is 1.69 bits per heavy atom. The second kappa shape index (κ2) is 5.97. The molecule has 3 rings (SSSR count). The van der Waals surface area contributed by atoms with Crippen molar-refractivity contribution < 1.29 is 0 Å². The second-order valence-corrected chi connectivity index (χ2v) is 9.93. The van der Waals surface area contributed by atoms with Crippen LogP contribution in [0.1, 0.15) is 59.2 Å². The molecule has 26 heavy (non-hydrogen) atoms. The number of aromatic nitrogens is 1. The van der Waals surface area contributed by atoms with Crippen LogP contribution in [0, 0.1) is 0 Å². The van der Waals surface area contributed by atoms with E-state index >= 15 is 0 Å². The summed E-state index contributed by atoms with van der Waals surface area (Å²) in [6, 6.07) is 8.75. The fourth-order valence-electron chi connectivity index (χ4n) is 4.54. The molecule has 0 fully saturated rings. The summed E-state index contributed by atoms with van der Waals surface area (Å²) < 4.78 is 2.35. The molecule has 0 saturated heterocycles. The molecule has 0 radical (unpaired) electrons. The molecule has 1 aliphatic rings. The summed E-state index contributed by atoms with van der Waals surface area (Å²) in [5, 5.41) is 1.34. The summed E-state index contributed by atoms with van der Waals surface area (Å²) in [4.78, 5) is 2.49. The number of hydrogen-bond acceptors (Lipinski definition) is 2. The van der Waals surface area contributed by atoms with E-state index in [1.54, 1.807) is 0 Å². The maximum absolute atomic E-state index is 6.44. The molecule has 3 heteroatoms. The molecule has 0 aliphatic carbocycles. The number of para-hydroxylation sites is 1. The highest BCUT2D eigenvalue weighted by Crippen LogP contribution is 2.43. The van der Waals surface area contributed by atoms with Crippen LogP contribution in [-0.2, 0) is 13.5 Å². The van der Waals surface area contributed by atoms with E-state index in [0.29, 0.717) is 0 Å². The maximum Gasteiger partial charge on any atom is 0.0486 e. The highest BCUT2D eigenvalue weighted by molar-refractivity contribution is 5.95. The van der Waals surface area contributed by atoms with Crippen LogP contribution in [0.15, 0.2) is 30.3 Å². The van der Waals surface area contributed by atoms with Crippen molar-refractivity contribution in [2.45, 2.75) is 71.0 Å². The Morgan fingerprint density at radius 1 is 1.08 bits per heavy atom. The molecule has 0 bridgehead atoms. The highest BCUT2D eigenvalue weighted by Gasteiger charge is 2.40. The second-order valence-electron chi connectivity index (χ2n) is 9.93. The minimum Gasteiger partial charge on any atom is -0.347 e. The maximum atomic E-state index is 6.44. The van der Waals surface area contributed by atoms with Crippen LogP contribution in [-0.4, -0.2) is 33.1 Å². The van der Waals surface area contributed by atoms with Crippen LogP contribution in [0.5, 0.6) is 0 Å². The number of aryl methyl sites for hydroxylation is 1.